The summed E-state index contributed by atoms with van der Waals surface area (Å²) in [5, 5.41) is 3.16. The summed E-state index contributed by atoms with van der Waals surface area (Å²) >= 11 is 0. The first-order chi connectivity index (χ1) is 9.76. The first kappa shape index (κ1) is 14.2. The number of anilines is 1. The molecule has 0 aliphatic heterocycles. The quantitative estimate of drug-likeness (QED) is 0.866. The van der Waals surface area contributed by atoms with Gasteiger partial charge in [-0.2, -0.15) is 4.98 Å². The topological polar surface area (TPSA) is 43.4 Å². The van der Waals surface area contributed by atoms with Gasteiger partial charge in [-0.3, -0.25) is 0 Å². The normalized spacial score (nSPS) is 10.2. The summed E-state index contributed by atoms with van der Waals surface area (Å²) in [6.07, 6.45) is 0.963. The van der Waals surface area contributed by atoms with Crippen LogP contribution < -0.4 is 14.8 Å². The van der Waals surface area contributed by atoms with Gasteiger partial charge in [-0.1, -0.05) is 19.1 Å². The highest BCUT2D eigenvalue weighted by Crippen LogP contribution is 2.32. The number of nitrogens with zero attached hydrogens (tertiary/aromatic N) is 1. The summed E-state index contributed by atoms with van der Waals surface area (Å²) in [5.74, 6) is 2.74. The van der Waals surface area contributed by atoms with Gasteiger partial charge in [0.05, 0.1) is 7.11 Å². The molecule has 0 spiro atoms. The molecule has 2 aromatic rings. The third kappa shape index (κ3) is 3.41. The maximum Gasteiger partial charge on any atom is 0.221 e. The van der Waals surface area contributed by atoms with Gasteiger partial charge in [0, 0.05) is 12.6 Å². The number of aryl methyl sites for hydroxylation is 1. The van der Waals surface area contributed by atoms with Crippen molar-refractivity contribution in [3.05, 3.63) is 42.0 Å². The average molecular weight is 272 g/mol. The summed E-state index contributed by atoms with van der Waals surface area (Å²) in [5.41, 5.74) is 1.21. The Bertz CT molecular complexity index is 570. The van der Waals surface area contributed by atoms with Crippen molar-refractivity contribution in [1.29, 1.82) is 0 Å². The molecule has 0 saturated carbocycles. The number of methoxy groups -OCH3 is 1. The van der Waals surface area contributed by atoms with E-state index in [2.05, 4.69) is 17.2 Å². The lowest BCUT2D eigenvalue weighted by Gasteiger charge is -2.11. The fourth-order valence-corrected chi connectivity index (χ4v) is 1.88. The Hall–Kier alpha value is -2.23. The minimum Gasteiger partial charge on any atom is -0.493 e. The molecule has 0 fully saturated rings. The number of hydrogen-bond acceptors (Lipinski definition) is 4. The van der Waals surface area contributed by atoms with Gasteiger partial charge in [0.15, 0.2) is 11.5 Å². The van der Waals surface area contributed by atoms with Crippen LogP contribution in [0.15, 0.2) is 36.4 Å². The van der Waals surface area contributed by atoms with Gasteiger partial charge in [-0.05, 0) is 37.1 Å². The zero-order valence-electron chi connectivity index (χ0n) is 12.1. The Morgan fingerprint density at radius 3 is 2.65 bits per heavy atom. The Labute approximate surface area is 119 Å². The minimum atomic E-state index is 0.547. The van der Waals surface area contributed by atoms with Crippen molar-refractivity contribution in [1.82, 2.24) is 4.98 Å². The van der Waals surface area contributed by atoms with Gasteiger partial charge in [-0.25, -0.2) is 0 Å². The molecule has 4 nitrogen and oxygen atoms in total. The first-order valence-electron chi connectivity index (χ1n) is 6.82. The van der Waals surface area contributed by atoms with Crippen molar-refractivity contribution in [3.63, 3.8) is 0 Å². The Morgan fingerprint density at radius 1 is 1.10 bits per heavy atom. The Balaban J connectivity index is 2.22. The number of hydrogen-bond donors (Lipinski definition) is 1. The fraction of sp³-hybridized carbons (Fsp3) is 0.312. The molecule has 0 unspecified atom stereocenters. The molecule has 106 valence electrons. The molecular formula is C16H20N2O2. The SMILES string of the molecule is CCNc1cccc(Oc2ccc(CC)cc2OC)n1. The van der Waals surface area contributed by atoms with Crippen molar-refractivity contribution in [2.24, 2.45) is 0 Å². The molecular weight excluding hydrogens is 252 g/mol. The summed E-state index contributed by atoms with van der Waals surface area (Å²) < 4.78 is 11.2. The van der Waals surface area contributed by atoms with Gasteiger partial charge >= 0.3 is 0 Å². The lowest BCUT2D eigenvalue weighted by molar-refractivity contribution is 0.374. The van der Waals surface area contributed by atoms with Gasteiger partial charge in [0.25, 0.3) is 0 Å². The maximum absolute atomic E-state index is 5.81. The van der Waals surface area contributed by atoms with E-state index < -0.39 is 0 Å². The second-order valence-electron chi connectivity index (χ2n) is 4.33. The smallest absolute Gasteiger partial charge is 0.221 e. The lowest BCUT2D eigenvalue weighted by atomic mass is 10.1. The van der Waals surface area contributed by atoms with Gasteiger partial charge in [0.2, 0.25) is 5.88 Å². The van der Waals surface area contributed by atoms with Crippen molar-refractivity contribution < 1.29 is 9.47 Å². The molecule has 2 rings (SSSR count). The molecule has 0 bridgehead atoms. The molecule has 20 heavy (non-hydrogen) atoms. The van der Waals surface area contributed by atoms with E-state index in [1.165, 1.54) is 5.56 Å². The van der Waals surface area contributed by atoms with Crippen molar-refractivity contribution in [2.45, 2.75) is 20.3 Å². The number of nitrogens with one attached hydrogen (secondary N) is 1. The first-order valence-corrected chi connectivity index (χ1v) is 6.82. The van der Waals surface area contributed by atoms with Crippen LogP contribution in [0.5, 0.6) is 17.4 Å². The Morgan fingerprint density at radius 2 is 1.95 bits per heavy atom. The van der Waals surface area contributed by atoms with Gasteiger partial charge < -0.3 is 14.8 Å². The Kier molecular flexibility index (Phi) is 4.82. The highest BCUT2D eigenvalue weighted by molar-refractivity contribution is 5.45. The fourth-order valence-electron chi connectivity index (χ4n) is 1.88. The number of rotatable bonds is 6. The molecule has 0 aliphatic rings. The zero-order valence-corrected chi connectivity index (χ0v) is 12.1. The summed E-state index contributed by atoms with van der Waals surface area (Å²) in [6, 6.07) is 11.6. The van der Waals surface area contributed by atoms with Crippen LogP contribution in [-0.2, 0) is 6.42 Å². The second-order valence-corrected chi connectivity index (χ2v) is 4.33. The van der Waals surface area contributed by atoms with Crippen molar-refractivity contribution in [3.8, 4) is 17.4 Å². The van der Waals surface area contributed by atoms with Crippen LogP contribution >= 0.6 is 0 Å². The zero-order chi connectivity index (χ0) is 14.4. The van der Waals surface area contributed by atoms with Crippen LogP contribution in [0.1, 0.15) is 19.4 Å². The third-order valence-corrected chi connectivity index (χ3v) is 2.93. The van der Waals surface area contributed by atoms with Gasteiger partial charge in [-0.15, -0.1) is 0 Å². The highest BCUT2D eigenvalue weighted by atomic mass is 16.5. The van der Waals surface area contributed by atoms with E-state index in [4.69, 9.17) is 9.47 Å². The van der Waals surface area contributed by atoms with E-state index in [0.29, 0.717) is 11.6 Å². The molecule has 0 amide bonds. The predicted molar refractivity (Wildman–Crippen MR) is 80.8 cm³/mol. The number of benzene rings is 1. The average Bonchev–Trinajstić information content (AvgIpc) is 2.48. The van der Waals surface area contributed by atoms with E-state index in [1.54, 1.807) is 7.11 Å². The van der Waals surface area contributed by atoms with Crippen LogP contribution in [0.25, 0.3) is 0 Å². The molecule has 0 aliphatic carbocycles. The lowest BCUT2D eigenvalue weighted by Crippen LogP contribution is -2.00. The van der Waals surface area contributed by atoms with Crippen molar-refractivity contribution >= 4 is 5.82 Å². The predicted octanol–water partition coefficient (Wildman–Crippen LogP) is 3.88. The molecule has 0 atom stereocenters. The van der Waals surface area contributed by atoms with E-state index >= 15 is 0 Å². The van der Waals surface area contributed by atoms with E-state index in [9.17, 15) is 0 Å². The van der Waals surface area contributed by atoms with Gasteiger partial charge in [0.1, 0.15) is 5.82 Å². The maximum atomic E-state index is 5.81. The monoisotopic (exact) mass is 272 g/mol. The third-order valence-electron chi connectivity index (χ3n) is 2.93. The largest absolute Gasteiger partial charge is 0.493 e. The summed E-state index contributed by atoms with van der Waals surface area (Å²) in [6.45, 7) is 4.96. The number of aromatic nitrogens is 1. The molecule has 1 aromatic heterocycles. The minimum absolute atomic E-state index is 0.547. The molecule has 4 heteroatoms. The van der Waals surface area contributed by atoms with Crippen LogP contribution in [0, 0.1) is 0 Å². The van der Waals surface area contributed by atoms with Crippen LogP contribution in [-0.4, -0.2) is 18.6 Å². The summed E-state index contributed by atoms with van der Waals surface area (Å²) in [4.78, 5) is 4.39. The highest BCUT2D eigenvalue weighted by Gasteiger charge is 2.07. The van der Waals surface area contributed by atoms with Crippen molar-refractivity contribution in [2.75, 3.05) is 19.0 Å². The van der Waals surface area contributed by atoms with E-state index in [-0.39, 0.29) is 0 Å². The van der Waals surface area contributed by atoms with Crippen LogP contribution in [0.2, 0.25) is 0 Å². The van der Waals surface area contributed by atoms with E-state index in [1.807, 2.05) is 43.3 Å². The molecule has 0 radical (unpaired) electrons. The molecule has 0 saturated heterocycles. The molecule has 1 aromatic carbocycles. The summed E-state index contributed by atoms with van der Waals surface area (Å²) in [7, 11) is 1.64. The second kappa shape index (κ2) is 6.80. The van der Waals surface area contributed by atoms with Crippen LogP contribution in [0.4, 0.5) is 5.82 Å². The standard InChI is InChI=1S/C16H20N2O2/c1-4-12-9-10-13(14(11-12)19-3)20-16-8-6-7-15(18-16)17-5-2/h6-11H,4-5H2,1-3H3,(H,17,18). The molecule has 1 N–H and O–H groups in total. The van der Waals surface area contributed by atoms with E-state index in [0.717, 1.165) is 24.5 Å². The molecule has 1 heterocycles. The number of pyridine rings is 1. The van der Waals surface area contributed by atoms with Crippen LogP contribution in [0.3, 0.4) is 0 Å². The number of ether oxygens (including phenoxy) is 2.